The normalized spacial score (nSPS) is 19.5. The summed E-state index contributed by atoms with van der Waals surface area (Å²) in [5.41, 5.74) is 0. The molecule has 0 unspecified atom stereocenters. The molecule has 1 saturated carbocycles. The van der Waals surface area contributed by atoms with Crippen molar-refractivity contribution < 1.29 is 4.39 Å². The zero-order chi connectivity index (χ0) is 7.82. The first-order valence-corrected chi connectivity index (χ1v) is 4.49. The SMILES string of the molecule is CC.FCC1CCCCC1. The van der Waals surface area contributed by atoms with E-state index in [0.29, 0.717) is 5.92 Å². The van der Waals surface area contributed by atoms with Crippen LogP contribution in [0.5, 0.6) is 0 Å². The summed E-state index contributed by atoms with van der Waals surface area (Å²) < 4.78 is 11.9. The van der Waals surface area contributed by atoms with Crippen LogP contribution in [0.4, 0.5) is 4.39 Å². The lowest BCUT2D eigenvalue weighted by atomic mass is 9.90. The predicted octanol–water partition coefficient (Wildman–Crippen LogP) is 3.56. The maximum Gasteiger partial charge on any atom is 0.0922 e. The van der Waals surface area contributed by atoms with Crippen molar-refractivity contribution in [3.8, 4) is 0 Å². The molecule has 1 aliphatic rings. The van der Waals surface area contributed by atoms with Gasteiger partial charge in [-0.3, -0.25) is 4.39 Å². The highest BCUT2D eigenvalue weighted by molar-refractivity contribution is 4.63. The van der Waals surface area contributed by atoms with Gasteiger partial charge in [0.1, 0.15) is 0 Å². The molecule has 0 aliphatic heterocycles. The third-order valence-corrected chi connectivity index (χ3v) is 1.94. The van der Waals surface area contributed by atoms with E-state index < -0.39 is 0 Å². The van der Waals surface area contributed by atoms with Crippen LogP contribution < -0.4 is 0 Å². The van der Waals surface area contributed by atoms with Crippen LogP contribution in [0.1, 0.15) is 46.0 Å². The molecule has 0 atom stereocenters. The Bertz CT molecular complexity index is 55.7. The minimum atomic E-state index is -0.0833. The lowest BCUT2D eigenvalue weighted by molar-refractivity contribution is 0.281. The summed E-state index contributed by atoms with van der Waals surface area (Å²) in [6, 6.07) is 0. The summed E-state index contributed by atoms with van der Waals surface area (Å²) in [6.45, 7) is 3.92. The molecule has 1 rings (SSSR count). The molecule has 10 heavy (non-hydrogen) atoms. The van der Waals surface area contributed by atoms with Gasteiger partial charge >= 0.3 is 0 Å². The van der Waals surface area contributed by atoms with Crippen LogP contribution in [0, 0.1) is 5.92 Å². The summed E-state index contributed by atoms with van der Waals surface area (Å²) in [5.74, 6) is 0.420. The summed E-state index contributed by atoms with van der Waals surface area (Å²) >= 11 is 0. The largest absolute Gasteiger partial charge is 0.251 e. The van der Waals surface area contributed by atoms with Gasteiger partial charge in [0.2, 0.25) is 0 Å². The average Bonchev–Trinajstić information content (AvgIpc) is 2.10. The van der Waals surface area contributed by atoms with E-state index in [2.05, 4.69) is 0 Å². The molecule has 1 aliphatic carbocycles. The number of hydrogen-bond acceptors (Lipinski definition) is 0. The Hall–Kier alpha value is -0.0700. The first-order valence-electron chi connectivity index (χ1n) is 4.49. The fourth-order valence-corrected chi connectivity index (χ4v) is 1.34. The molecule has 0 radical (unpaired) electrons. The molecule has 0 nitrogen and oxygen atoms in total. The van der Waals surface area contributed by atoms with Crippen LogP contribution in [-0.4, -0.2) is 6.67 Å². The second kappa shape index (κ2) is 7.04. The second-order valence-electron chi connectivity index (χ2n) is 2.66. The highest BCUT2D eigenvalue weighted by Crippen LogP contribution is 2.23. The van der Waals surface area contributed by atoms with Crippen molar-refractivity contribution in [3.63, 3.8) is 0 Å². The van der Waals surface area contributed by atoms with E-state index in [0.717, 1.165) is 12.8 Å². The molecule has 62 valence electrons. The van der Waals surface area contributed by atoms with Crippen molar-refractivity contribution >= 4 is 0 Å². The van der Waals surface area contributed by atoms with Gasteiger partial charge in [0.05, 0.1) is 6.67 Å². The van der Waals surface area contributed by atoms with Gasteiger partial charge < -0.3 is 0 Å². The van der Waals surface area contributed by atoms with Gasteiger partial charge in [-0.15, -0.1) is 0 Å². The maximum atomic E-state index is 11.9. The molecule has 0 heterocycles. The molecule has 0 saturated heterocycles. The first-order chi connectivity index (χ1) is 4.93. The van der Waals surface area contributed by atoms with E-state index in [1.54, 1.807) is 0 Å². The fourth-order valence-electron chi connectivity index (χ4n) is 1.34. The quantitative estimate of drug-likeness (QED) is 0.530. The van der Waals surface area contributed by atoms with E-state index in [1.165, 1.54) is 19.3 Å². The van der Waals surface area contributed by atoms with Gasteiger partial charge in [-0.25, -0.2) is 0 Å². The molecule has 0 aromatic rings. The molecule has 0 aromatic carbocycles. The Labute approximate surface area is 63.8 Å². The van der Waals surface area contributed by atoms with Crippen molar-refractivity contribution in [2.24, 2.45) is 5.92 Å². The number of halogens is 1. The smallest absolute Gasteiger partial charge is 0.0922 e. The van der Waals surface area contributed by atoms with Crippen molar-refractivity contribution in [1.82, 2.24) is 0 Å². The van der Waals surface area contributed by atoms with E-state index in [9.17, 15) is 4.39 Å². The third kappa shape index (κ3) is 3.86. The van der Waals surface area contributed by atoms with Crippen LogP contribution in [0.3, 0.4) is 0 Å². The zero-order valence-electron chi connectivity index (χ0n) is 7.20. The maximum absolute atomic E-state index is 11.9. The molecule has 0 spiro atoms. The van der Waals surface area contributed by atoms with Gasteiger partial charge in [0, 0.05) is 0 Å². The molecule has 0 bridgehead atoms. The van der Waals surface area contributed by atoms with Crippen LogP contribution >= 0.6 is 0 Å². The van der Waals surface area contributed by atoms with Gasteiger partial charge in [-0.05, 0) is 18.8 Å². The van der Waals surface area contributed by atoms with Gasteiger partial charge in [0.25, 0.3) is 0 Å². The van der Waals surface area contributed by atoms with Crippen LogP contribution in [0.2, 0.25) is 0 Å². The summed E-state index contributed by atoms with van der Waals surface area (Å²) in [6.07, 6.45) is 6.12. The Kier molecular flexibility index (Phi) is 6.99. The molecule has 0 N–H and O–H groups in total. The Morgan fingerprint density at radius 3 is 1.90 bits per heavy atom. The topological polar surface area (TPSA) is 0 Å². The molecular formula is C9H19F. The summed E-state index contributed by atoms with van der Waals surface area (Å²) in [7, 11) is 0. The van der Waals surface area contributed by atoms with Crippen molar-refractivity contribution in [3.05, 3.63) is 0 Å². The van der Waals surface area contributed by atoms with E-state index in [-0.39, 0.29) is 6.67 Å². The molecule has 1 heteroatoms. The number of rotatable bonds is 1. The lowest BCUT2D eigenvalue weighted by Crippen LogP contribution is -2.07. The number of alkyl halides is 1. The van der Waals surface area contributed by atoms with Crippen molar-refractivity contribution in [1.29, 1.82) is 0 Å². The summed E-state index contributed by atoms with van der Waals surface area (Å²) in [5, 5.41) is 0. The van der Waals surface area contributed by atoms with Crippen LogP contribution in [0.15, 0.2) is 0 Å². The van der Waals surface area contributed by atoms with Crippen LogP contribution in [-0.2, 0) is 0 Å². The molecule has 0 amide bonds. The summed E-state index contributed by atoms with van der Waals surface area (Å²) in [4.78, 5) is 0. The van der Waals surface area contributed by atoms with Gasteiger partial charge in [-0.2, -0.15) is 0 Å². The van der Waals surface area contributed by atoms with Gasteiger partial charge in [-0.1, -0.05) is 33.1 Å². The standard InChI is InChI=1S/C7H13F.C2H6/c8-6-7-4-2-1-3-5-7;1-2/h7H,1-6H2;1-2H3. The minimum absolute atomic E-state index is 0.0833. The zero-order valence-corrected chi connectivity index (χ0v) is 7.20. The predicted molar refractivity (Wildman–Crippen MR) is 43.9 cm³/mol. The van der Waals surface area contributed by atoms with E-state index in [1.807, 2.05) is 13.8 Å². The van der Waals surface area contributed by atoms with E-state index in [4.69, 9.17) is 0 Å². The Balaban J connectivity index is 0.000000371. The minimum Gasteiger partial charge on any atom is -0.251 e. The van der Waals surface area contributed by atoms with Gasteiger partial charge in [0.15, 0.2) is 0 Å². The lowest BCUT2D eigenvalue weighted by Gasteiger charge is -2.17. The molecule has 1 fully saturated rings. The average molecular weight is 146 g/mol. The van der Waals surface area contributed by atoms with Crippen molar-refractivity contribution in [2.75, 3.05) is 6.67 Å². The molecule has 0 aromatic heterocycles. The first kappa shape index (κ1) is 9.93. The number of hydrogen-bond donors (Lipinski definition) is 0. The fraction of sp³-hybridized carbons (Fsp3) is 1.00. The Morgan fingerprint density at radius 1 is 1.10 bits per heavy atom. The Morgan fingerprint density at radius 2 is 1.60 bits per heavy atom. The van der Waals surface area contributed by atoms with Crippen molar-refractivity contribution in [2.45, 2.75) is 46.0 Å². The third-order valence-electron chi connectivity index (χ3n) is 1.94. The monoisotopic (exact) mass is 146 g/mol. The second-order valence-corrected chi connectivity index (χ2v) is 2.66. The van der Waals surface area contributed by atoms with E-state index >= 15 is 0 Å². The van der Waals surface area contributed by atoms with Crippen LogP contribution in [0.25, 0.3) is 0 Å². The molecular weight excluding hydrogens is 127 g/mol. The highest BCUT2D eigenvalue weighted by Gasteiger charge is 2.11. The highest BCUT2D eigenvalue weighted by atomic mass is 19.1.